The highest BCUT2D eigenvalue weighted by atomic mass is 16.5. The Morgan fingerprint density at radius 3 is 2.12 bits per heavy atom. The zero-order valence-corrected chi connectivity index (χ0v) is 12.2. The second-order valence-corrected chi connectivity index (χ2v) is 4.81. The Hall–Kier alpha value is -0.0800. The van der Waals surface area contributed by atoms with Crippen LogP contribution in [0.4, 0.5) is 0 Å². The largest absolute Gasteiger partial charge is 0.379 e. The van der Waals surface area contributed by atoms with Gasteiger partial charge >= 0.3 is 0 Å². The van der Waals surface area contributed by atoms with Crippen molar-refractivity contribution >= 4 is 0 Å². The van der Waals surface area contributed by atoms with Gasteiger partial charge in [-0.2, -0.15) is 0 Å². The lowest BCUT2D eigenvalue weighted by molar-refractivity contribution is 0.0302. The van der Waals surface area contributed by atoms with Crippen LogP contribution >= 0.6 is 0 Å². The molecule has 1 unspecified atom stereocenters. The number of hydrogen-bond acceptors (Lipinski definition) is 2. The van der Waals surface area contributed by atoms with Crippen LogP contribution in [0.5, 0.6) is 0 Å². The fourth-order valence-corrected chi connectivity index (χ4v) is 1.82. The Morgan fingerprint density at radius 2 is 1.47 bits per heavy atom. The van der Waals surface area contributed by atoms with Gasteiger partial charge in [-0.05, 0) is 18.8 Å². The Bertz CT molecular complexity index is 137. The third-order valence-corrected chi connectivity index (χ3v) is 3.16. The standard InChI is InChI=1S/C15H32O2/c1-4-7-9-11-16-12-13-17-14-15(6-3)10-8-5-2/h15H,4-14H2,1-3H3. The molecule has 0 aromatic carbocycles. The summed E-state index contributed by atoms with van der Waals surface area (Å²) in [4.78, 5) is 0. The normalized spacial score (nSPS) is 12.9. The molecule has 0 radical (unpaired) electrons. The first kappa shape index (κ1) is 16.9. The molecular weight excluding hydrogens is 212 g/mol. The van der Waals surface area contributed by atoms with E-state index >= 15 is 0 Å². The first-order chi connectivity index (χ1) is 8.35. The van der Waals surface area contributed by atoms with Crippen LogP contribution in [-0.2, 0) is 9.47 Å². The summed E-state index contributed by atoms with van der Waals surface area (Å²) in [5, 5.41) is 0. The molecule has 0 aliphatic rings. The van der Waals surface area contributed by atoms with Crippen LogP contribution in [-0.4, -0.2) is 26.4 Å². The molecule has 1 atom stereocenters. The van der Waals surface area contributed by atoms with E-state index in [1.54, 1.807) is 0 Å². The molecule has 0 aliphatic heterocycles. The molecule has 17 heavy (non-hydrogen) atoms. The van der Waals surface area contributed by atoms with Crippen molar-refractivity contribution in [1.82, 2.24) is 0 Å². The molecule has 0 bridgehead atoms. The average Bonchev–Trinajstić information content (AvgIpc) is 2.36. The molecule has 0 spiro atoms. The van der Waals surface area contributed by atoms with E-state index in [1.807, 2.05) is 0 Å². The van der Waals surface area contributed by atoms with E-state index in [2.05, 4.69) is 20.8 Å². The van der Waals surface area contributed by atoms with E-state index in [0.717, 1.165) is 32.3 Å². The van der Waals surface area contributed by atoms with E-state index in [4.69, 9.17) is 9.47 Å². The van der Waals surface area contributed by atoms with Crippen molar-refractivity contribution in [3.63, 3.8) is 0 Å². The molecule has 0 rings (SSSR count). The third kappa shape index (κ3) is 12.2. The van der Waals surface area contributed by atoms with Crippen molar-refractivity contribution in [3.8, 4) is 0 Å². The monoisotopic (exact) mass is 244 g/mol. The van der Waals surface area contributed by atoms with E-state index < -0.39 is 0 Å². The summed E-state index contributed by atoms with van der Waals surface area (Å²) in [6, 6.07) is 0. The second kappa shape index (κ2) is 14.0. The highest BCUT2D eigenvalue weighted by Crippen LogP contribution is 2.12. The number of unbranched alkanes of at least 4 members (excludes halogenated alkanes) is 3. The maximum absolute atomic E-state index is 5.67. The third-order valence-electron chi connectivity index (χ3n) is 3.16. The lowest BCUT2D eigenvalue weighted by Gasteiger charge is -2.14. The summed E-state index contributed by atoms with van der Waals surface area (Å²) in [6.07, 6.45) is 8.88. The quantitative estimate of drug-likeness (QED) is 0.446. The molecule has 0 heterocycles. The Labute approximate surface area is 108 Å². The van der Waals surface area contributed by atoms with Gasteiger partial charge in [-0.25, -0.2) is 0 Å². The zero-order valence-electron chi connectivity index (χ0n) is 12.2. The molecule has 0 amide bonds. The number of rotatable bonds is 13. The molecule has 0 aliphatic carbocycles. The summed E-state index contributed by atoms with van der Waals surface area (Å²) in [5.74, 6) is 0.745. The predicted octanol–water partition coefficient (Wildman–Crippen LogP) is 4.43. The molecular formula is C15H32O2. The first-order valence-corrected chi connectivity index (χ1v) is 7.50. The fraction of sp³-hybridized carbons (Fsp3) is 1.00. The van der Waals surface area contributed by atoms with Gasteiger partial charge < -0.3 is 9.47 Å². The molecule has 0 saturated carbocycles. The smallest absolute Gasteiger partial charge is 0.0700 e. The van der Waals surface area contributed by atoms with E-state index in [1.165, 1.54) is 44.9 Å². The molecule has 0 N–H and O–H groups in total. The van der Waals surface area contributed by atoms with Gasteiger partial charge in [0.15, 0.2) is 0 Å². The minimum absolute atomic E-state index is 0.745. The zero-order chi connectivity index (χ0) is 12.8. The summed E-state index contributed by atoms with van der Waals surface area (Å²) in [6.45, 7) is 10.0. The van der Waals surface area contributed by atoms with Gasteiger partial charge in [0, 0.05) is 13.2 Å². The SMILES string of the molecule is CCCCCOCCOCC(CC)CCCC. The van der Waals surface area contributed by atoms with Gasteiger partial charge in [0.25, 0.3) is 0 Å². The van der Waals surface area contributed by atoms with Gasteiger partial charge in [0.05, 0.1) is 13.2 Å². The van der Waals surface area contributed by atoms with Crippen LogP contribution in [0.15, 0.2) is 0 Å². The minimum Gasteiger partial charge on any atom is -0.379 e. The van der Waals surface area contributed by atoms with Gasteiger partial charge in [-0.1, -0.05) is 52.9 Å². The van der Waals surface area contributed by atoms with Crippen LogP contribution in [0.1, 0.15) is 65.7 Å². The lowest BCUT2D eigenvalue weighted by atomic mass is 10.0. The number of ether oxygens (including phenoxy) is 2. The molecule has 0 aromatic rings. The van der Waals surface area contributed by atoms with Crippen molar-refractivity contribution in [3.05, 3.63) is 0 Å². The summed E-state index contributed by atoms with van der Waals surface area (Å²) < 4.78 is 11.2. The summed E-state index contributed by atoms with van der Waals surface area (Å²) in [5.41, 5.74) is 0. The number of hydrogen-bond donors (Lipinski definition) is 0. The Balaban J connectivity index is 3.19. The van der Waals surface area contributed by atoms with Crippen LogP contribution in [0.25, 0.3) is 0 Å². The molecule has 104 valence electrons. The maximum atomic E-state index is 5.67. The summed E-state index contributed by atoms with van der Waals surface area (Å²) in [7, 11) is 0. The van der Waals surface area contributed by atoms with Crippen molar-refractivity contribution in [1.29, 1.82) is 0 Å². The average molecular weight is 244 g/mol. The predicted molar refractivity (Wildman–Crippen MR) is 74.5 cm³/mol. The van der Waals surface area contributed by atoms with E-state index in [0.29, 0.717) is 0 Å². The van der Waals surface area contributed by atoms with Crippen LogP contribution in [0.3, 0.4) is 0 Å². The van der Waals surface area contributed by atoms with Crippen LogP contribution in [0, 0.1) is 5.92 Å². The minimum atomic E-state index is 0.745. The van der Waals surface area contributed by atoms with Crippen LogP contribution < -0.4 is 0 Å². The molecule has 0 aromatic heterocycles. The lowest BCUT2D eigenvalue weighted by Crippen LogP contribution is -2.12. The second-order valence-electron chi connectivity index (χ2n) is 4.81. The van der Waals surface area contributed by atoms with Gasteiger partial charge in [0.2, 0.25) is 0 Å². The van der Waals surface area contributed by atoms with Gasteiger partial charge in [-0.3, -0.25) is 0 Å². The highest BCUT2D eigenvalue weighted by Gasteiger charge is 2.05. The topological polar surface area (TPSA) is 18.5 Å². The maximum Gasteiger partial charge on any atom is 0.0700 e. The van der Waals surface area contributed by atoms with Crippen molar-refractivity contribution in [2.45, 2.75) is 65.7 Å². The van der Waals surface area contributed by atoms with Gasteiger partial charge in [-0.15, -0.1) is 0 Å². The van der Waals surface area contributed by atoms with Crippen molar-refractivity contribution in [2.75, 3.05) is 26.4 Å². The van der Waals surface area contributed by atoms with Crippen LogP contribution in [0.2, 0.25) is 0 Å². The van der Waals surface area contributed by atoms with E-state index in [9.17, 15) is 0 Å². The van der Waals surface area contributed by atoms with E-state index in [-0.39, 0.29) is 0 Å². The van der Waals surface area contributed by atoms with Crippen molar-refractivity contribution < 1.29 is 9.47 Å². The Morgan fingerprint density at radius 1 is 0.765 bits per heavy atom. The molecule has 2 nitrogen and oxygen atoms in total. The first-order valence-electron chi connectivity index (χ1n) is 7.50. The fourth-order valence-electron chi connectivity index (χ4n) is 1.82. The molecule has 0 fully saturated rings. The highest BCUT2D eigenvalue weighted by molar-refractivity contribution is 4.55. The Kier molecular flexibility index (Phi) is 13.9. The van der Waals surface area contributed by atoms with Gasteiger partial charge in [0.1, 0.15) is 0 Å². The van der Waals surface area contributed by atoms with Crippen molar-refractivity contribution in [2.24, 2.45) is 5.92 Å². The molecule has 2 heteroatoms. The summed E-state index contributed by atoms with van der Waals surface area (Å²) >= 11 is 0. The molecule has 0 saturated heterocycles.